The number of hydrogen-bond donors (Lipinski definition) is 2. The summed E-state index contributed by atoms with van der Waals surface area (Å²) in [7, 11) is -3.66. The zero-order valence-corrected chi connectivity index (χ0v) is 11.1. The second-order valence-electron chi connectivity index (χ2n) is 4.27. The lowest BCUT2D eigenvalue weighted by atomic mass is 10.3. The molecule has 0 radical (unpaired) electrons. The lowest BCUT2D eigenvalue weighted by Crippen LogP contribution is -2.12. The number of nitrogens with two attached hydrogens (primary N) is 2. The molecule has 4 nitrogen and oxygen atoms in total. The van der Waals surface area contributed by atoms with Crippen LogP contribution in [0.25, 0.3) is 0 Å². The maximum atomic E-state index is 11.2. The summed E-state index contributed by atoms with van der Waals surface area (Å²) in [5, 5.41) is 5.66. The van der Waals surface area contributed by atoms with Crippen LogP contribution in [0.4, 0.5) is 5.69 Å². The standard InChI is InChI=1S/C11H16N2O2S2/c12-10-7-9(17(13,14)15)5-6-11(10)16-8-3-1-2-4-8/h5-8H,1-4,12H2,(H2,13,14,15). The average molecular weight is 272 g/mol. The van der Waals surface area contributed by atoms with E-state index in [9.17, 15) is 8.42 Å². The highest BCUT2D eigenvalue weighted by atomic mass is 32.2. The van der Waals surface area contributed by atoms with Crippen LogP contribution < -0.4 is 10.9 Å². The molecule has 4 N–H and O–H groups in total. The molecular weight excluding hydrogens is 256 g/mol. The fraction of sp³-hybridized carbons (Fsp3) is 0.455. The van der Waals surface area contributed by atoms with Gasteiger partial charge in [0.1, 0.15) is 0 Å². The van der Waals surface area contributed by atoms with E-state index in [-0.39, 0.29) is 4.90 Å². The smallest absolute Gasteiger partial charge is 0.238 e. The van der Waals surface area contributed by atoms with Gasteiger partial charge in [-0.05, 0) is 31.0 Å². The van der Waals surface area contributed by atoms with Gasteiger partial charge >= 0.3 is 0 Å². The molecule has 0 atom stereocenters. The van der Waals surface area contributed by atoms with Crippen molar-refractivity contribution >= 4 is 27.5 Å². The average Bonchev–Trinajstić information content (AvgIpc) is 2.72. The number of benzene rings is 1. The van der Waals surface area contributed by atoms with Gasteiger partial charge in [-0.25, -0.2) is 13.6 Å². The first-order chi connectivity index (χ1) is 7.97. The van der Waals surface area contributed by atoms with E-state index < -0.39 is 10.0 Å². The van der Waals surface area contributed by atoms with Crippen LogP contribution in [0.1, 0.15) is 25.7 Å². The summed E-state index contributed by atoms with van der Waals surface area (Å²) < 4.78 is 22.3. The molecule has 6 heteroatoms. The van der Waals surface area contributed by atoms with E-state index in [0.717, 1.165) is 4.90 Å². The summed E-state index contributed by atoms with van der Waals surface area (Å²) in [6.07, 6.45) is 4.96. The Morgan fingerprint density at radius 2 is 1.88 bits per heavy atom. The van der Waals surface area contributed by atoms with Crippen molar-refractivity contribution in [2.75, 3.05) is 5.73 Å². The molecule has 94 valence electrons. The quantitative estimate of drug-likeness (QED) is 0.823. The van der Waals surface area contributed by atoms with Gasteiger partial charge in [0.05, 0.1) is 4.90 Å². The Balaban J connectivity index is 2.19. The van der Waals surface area contributed by atoms with Crippen molar-refractivity contribution < 1.29 is 8.42 Å². The van der Waals surface area contributed by atoms with E-state index >= 15 is 0 Å². The van der Waals surface area contributed by atoms with E-state index in [1.165, 1.54) is 37.8 Å². The predicted octanol–water partition coefficient (Wildman–Crippen LogP) is 1.95. The highest BCUT2D eigenvalue weighted by Crippen LogP contribution is 2.37. The van der Waals surface area contributed by atoms with Crippen LogP contribution in [0.15, 0.2) is 28.0 Å². The van der Waals surface area contributed by atoms with Crippen LogP contribution in [0.5, 0.6) is 0 Å². The van der Waals surface area contributed by atoms with Gasteiger partial charge in [0.2, 0.25) is 10.0 Å². The maximum absolute atomic E-state index is 11.2. The summed E-state index contributed by atoms with van der Waals surface area (Å²) in [6.45, 7) is 0. The minimum absolute atomic E-state index is 0.0748. The molecule has 0 spiro atoms. The largest absolute Gasteiger partial charge is 0.398 e. The van der Waals surface area contributed by atoms with Gasteiger partial charge in [-0.3, -0.25) is 0 Å². The highest BCUT2D eigenvalue weighted by Gasteiger charge is 2.18. The molecule has 1 aliphatic rings. The molecule has 1 saturated carbocycles. The molecule has 1 aliphatic carbocycles. The van der Waals surface area contributed by atoms with Crippen molar-refractivity contribution in [1.29, 1.82) is 0 Å². The number of rotatable bonds is 3. The van der Waals surface area contributed by atoms with Crippen LogP contribution in [0.3, 0.4) is 0 Å². The Hall–Kier alpha value is -0.720. The summed E-state index contributed by atoms with van der Waals surface area (Å²) in [5.74, 6) is 0. The minimum Gasteiger partial charge on any atom is -0.398 e. The van der Waals surface area contributed by atoms with Gasteiger partial charge < -0.3 is 5.73 Å². The Labute approximate surface area is 106 Å². The van der Waals surface area contributed by atoms with E-state index in [2.05, 4.69) is 0 Å². The van der Waals surface area contributed by atoms with Crippen LogP contribution in [-0.4, -0.2) is 13.7 Å². The number of thioether (sulfide) groups is 1. The Kier molecular flexibility index (Phi) is 3.65. The third-order valence-corrected chi connectivity index (χ3v) is 5.25. The molecule has 0 saturated heterocycles. The van der Waals surface area contributed by atoms with E-state index in [0.29, 0.717) is 10.9 Å². The summed E-state index contributed by atoms with van der Waals surface area (Å²) >= 11 is 1.74. The molecule has 1 fully saturated rings. The van der Waals surface area contributed by atoms with E-state index in [4.69, 9.17) is 10.9 Å². The van der Waals surface area contributed by atoms with Gasteiger partial charge in [-0.1, -0.05) is 12.8 Å². The first-order valence-electron chi connectivity index (χ1n) is 5.56. The van der Waals surface area contributed by atoms with Gasteiger partial charge in [-0.2, -0.15) is 0 Å². The molecule has 2 rings (SSSR count). The van der Waals surface area contributed by atoms with Crippen molar-refractivity contribution in [3.05, 3.63) is 18.2 Å². The Morgan fingerprint density at radius 1 is 1.24 bits per heavy atom. The third kappa shape index (κ3) is 3.14. The monoisotopic (exact) mass is 272 g/mol. The summed E-state index contributed by atoms with van der Waals surface area (Å²) in [5.41, 5.74) is 6.35. The van der Waals surface area contributed by atoms with E-state index in [1.54, 1.807) is 17.8 Å². The fourth-order valence-corrected chi connectivity index (χ4v) is 3.82. The van der Waals surface area contributed by atoms with Crippen LogP contribution in [0.2, 0.25) is 0 Å². The molecule has 0 aromatic heterocycles. The number of nitrogen functional groups attached to an aromatic ring is 1. The first kappa shape index (κ1) is 12.7. The molecule has 0 bridgehead atoms. The van der Waals surface area contributed by atoms with E-state index in [1.807, 2.05) is 0 Å². The topological polar surface area (TPSA) is 86.2 Å². The molecule has 0 heterocycles. The van der Waals surface area contributed by atoms with Gasteiger partial charge in [0.25, 0.3) is 0 Å². The first-order valence-corrected chi connectivity index (χ1v) is 7.98. The van der Waals surface area contributed by atoms with Crippen LogP contribution >= 0.6 is 11.8 Å². The highest BCUT2D eigenvalue weighted by molar-refractivity contribution is 8.00. The second-order valence-corrected chi connectivity index (χ2v) is 7.17. The Morgan fingerprint density at radius 3 is 2.41 bits per heavy atom. The van der Waals surface area contributed by atoms with Gasteiger partial charge in [-0.15, -0.1) is 11.8 Å². The maximum Gasteiger partial charge on any atom is 0.238 e. The van der Waals surface area contributed by atoms with Crippen molar-refractivity contribution in [2.24, 2.45) is 5.14 Å². The third-order valence-electron chi connectivity index (χ3n) is 2.91. The number of sulfonamides is 1. The molecular formula is C11H16N2O2S2. The lowest BCUT2D eigenvalue weighted by Gasteiger charge is -2.11. The number of anilines is 1. The predicted molar refractivity (Wildman–Crippen MR) is 70.3 cm³/mol. The Bertz CT molecular complexity index is 508. The molecule has 17 heavy (non-hydrogen) atoms. The number of hydrogen-bond acceptors (Lipinski definition) is 4. The van der Waals surface area contributed by atoms with Gasteiger partial charge in [0, 0.05) is 15.8 Å². The normalized spacial score (nSPS) is 17.5. The SMILES string of the molecule is Nc1cc(S(N)(=O)=O)ccc1SC1CCCC1. The second kappa shape index (κ2) is 4.88. The van der Waals surface area contributed by atoms with Gasteiger partial charge in [0.15, 0.2) is 0 Å². The number of primary sulfonamides is 1. The van der Waals surface area contributed by atoms with Crippen molar-refractivity contribution in [1.82, 2.24) is 0 Å². The van der Waals surface area contributed by atoms with Crippen LogP contribution in [0, 0.1) is 0 Å². The summed E-state index contributed by atoms with van der Waals surface area (Å²) in [6, 6.07) is 4.70. The minimum atomic E-state index is -3.66. The lowest BCUT2D eigenvalue weighted by molar-refractivity contribution is 0.598. The molecule has 0 amide bonds. The fourth-order valence-electron chi connectivity index (χ4n) is 2.00. The van der Waals surface area contributed by atoms with Crippen LogP contribution in [-0.2, 0) is 10.0 Å². The summed E-state index contributed by atoms with van der Waals surface area (Å²) in [4.78, 5) is 1.02. The zero-order chi connectivity index (χ0) is 12.5. The molecule has 1 aromatic rings. The molecule has 1 aromatic carbocycles. The van der Waals surface area contributed by atoms with Crippen molar-refractivity contribution in [3.63, 3.8) is 0 Å². The zero-order valence-electron chi connectivity index (χ0n) is 9.43. The molecule has 0 aliphatic heterocycles. The van der Waals surface area contributed by atoms with Crippen molar-refractivity contribution in [3.8, 4) is 0 Å². The van der Waals surface area contributed by atoms with Crippen molar-refractivity contribution in [2.45, 2.75) is 40.7 Å². The molecule has 0 unspecified atom stereocenters.